The van der Waals surface area contributed by atoms with E-state index in [1.807, 2.05) is 0 Å². The van der Waals surface area contributed by atoms with Crippen molar-refractivity contribution in [1.82, 2.24) is 0 Å². The van der Waals surface area contributed by atoms with Gasteiger partial charge in [0.2, 0.25) is 0 Å². The smallest absolute Gasteiger partial charge is 0.0653 e. The van der Waals surface area contributed by atoms with Crippen molar-refractivity contribution in [3.63, 3.8) is 0 Å². The molecule has 0 aliphatic rings. The molecule has 5 radical (unpaired) electrons. The predicted octanol–water partition coefficient (Wildman–Crippen LogP) is 2.00. The SMILES string of the molecule is [B]CCCC(C)C.[Y].[Y].[Y]. The monoisotopic (exact) mass is 363 g/mol. The molecule has 49 valence electrons. The van der Waals surface area contributed by atoms with Crippen LogP contribution in [0.2, 0.25) is 6.32 Å². The molecule has 0 aliphatic heterocycles. The standard InChI is InChI=1S/C6H13B.3Y/c1-6(2)4-3-5-7;;;/h6H,3-5H2,1-2H3;;;. The zero-order valence-corrected chi connectivity index (χ0v) is 15.5. The third-order valence-corrected chi connectivity index (χ3v) is 0.986. The maximum atomic E-state index is 5.28. The van der Waals surface area contributed by atoms with Gasteiger partial charge in [-0.05, 0) is 5.92 Å². The van der Waals surface area contributed by atoms with Crippen molar-refractivity contribution in [3.05, 3.63) is 0 Å². The fraction of sp³-hybridized carbons (Fsp3) is 1.00. The fourth-order valence-corrected chi connectivity index (χ4v) is 0.526. The predicted molar refractivity (Wildman–Crippen MR) is 34.6 cm³/mol. The van der Waals surface area contributed by atoms with Crippen LogP contribution in [0, 0.1) is 5.92 Å². The molecule has 0 nitrogen and oxygen atoms in total. The van der Waals surface area contributed by atoms with Crippen molar-refractivity contribution in [3.8, 4) is 0 Å². The van der Waals surface area contributed by atoms with Crippen LogP contribution in [0.5, 0.6) is 0 Å². The summed E-state index contributed by atoms with van der Waals surface area (Å²) < 4.78 is 0. The van der Waals surface area contributed by atoms with Gasteiger partial charge in [-0.2, -0.15) is 0 Å². The van der Waals surface area contributed by atoms with Gasteiger partial charge in [0.1, 0.15) is 0 Å². The largest absolute Gasteiger partial charge is 0.0887 e. The van der Waals surface area contributed by atoms with Gasteiger partial charge < -0.3 is 0 Å². The van der Waals surface area contributed by atoms with Gasteiger partial charge in [-0.15, -0.1) is 0 Å². The summed E-state index contributed by atoms with van der Waals surface area (Å²) in [5, 5.41) is 0. The van der Waals surface area contributed by atoms with Crippen molar-refractivity contribution in [2.24, 2.45) is 5.92 Å². The molecule has 0 rings (SSSR count). The van der Waals surface area contributed by atoms with Crippen LogP contribution in [0.15, 0.2) is 0 Å². The van der Waals surface area contributed by atoms with Crippen molar-refractivity contribution in [2.75, 3.05) is 0 Å². The number of hydrogen-bond acceptors (Lipinski definition) is 0. The van der Waals surface area contributed by atoms with Gasteiger partial charge >= 0.3 is 0 Å². The number of hydrogen-bond donors (Lipinski definition) is 0. The average molecular weight is 363 g/mol. The first-order valence-corrected chi connectivity index (χ1v) is 2.97. The molecule has 0 aliphatic carbocycles. The molecule has 0 saturated heterocycles. The molecule has 0 amide bonds. The second-order valence-electron chi connectivity index (χ2n) is 2.32. The van der Waals surface area contributed by atoms with E-state index in [9.17, 15) is 0 Å². The van der Waals surface area contributed by atoms with Gasteiger partial charge in [-0.1, -0.05) is 33.0 Å². The Morgan fingerprint density at radius 3 is 1.60 bits per heavy atom. The van der Waals surface area contributed by atoms with E-state index >= 15 is 0 Å². The van der Waals surface area contributed by atoms with E-state index in [4.69, 9.17) is 7.85 Å². The molecule has 0 bridgehead atoms. The normalized spacial score (nSPS) is 7.10. The van der Waals surface area contributed by atoms with Crippen LogP contribution in [0.1, 0.15) is 26.7 Å². The Labute approximate surface area is 142 Å². The molecule has 0 fully saturated rings. The molecule has 0 heterocycles. The first-order chi connectivity index (χ1) is 3.27. The summed E-state index contributed by atoms with van der Waals surface area (Å²) in [6.07, 6.45) is 3.30. The quantitative estimate of drug-likeness (QED) is 0.674. The molecule has 0 spiro atoms. The van der Waals surface area contributed by atoms with E-state index < -0.39 is 0 Å². The molecule has 0 atom stereocenters. The van der Waals surface area contributed by atoms with Gasteiger partial charge in [0.15, 0.2) is 0 Å². The summed E-state index contributed by atoms with van der Waals surface area (Å²) in [5.41, 5.74) is 0. The Bertz CT molecular complexity index is 42.0. The van der Waals surface area contributed by atoms with Crippen LogP contribution in [0.3, 0.4) is 0 Å². The van der Waals surface area contributed by atoms with Gasteiger partial charge in [0.05, 0.1) is 7.85 Å². The van der Waals surface area contributed by atoms with Crippen LogP contribution >= 0.6 is 0 Å². The van der Waals surface area contributed by atoms with Crippen LogP contribution in [0.25, 0.3) is 0 Å². The van der Waals surface area contributed by atoms with E-state index in [0.29, 0.717) is 0 Å². The van der Waals surface area contributed by atoms with Gasteiger partial charge in [0, 0.05) is 98.1 Å². The van der Waals surface area contributed by atoms with E-state index in [0.717, 1.165) is 12.2 Å². The molecular weight excluding hydrogens is 350 g/mol. The van der Waals surface area contributed by atoms with Gasteiger partial charge in [-0.25, -0.2) is 0 Å². The summed E-state index contributed by atoms with van der Waals surface area (Å²) >= 11 is 0. The summed E-state index contributed by atoms with van der Waals surface area (Å²) in [6.45, 7) is 4.44. The van der Waals surface area contributed by atoms with Crippen molar-refractivity contribution in [1.29, 1.82) is 0 Å². The van der Waals surface area contributed by atoms with Crippen LogP contribution in [0.4, 0.5) is 0 Å². The Morgan fingerprint density at radius 1 is 1.10 bits per heavy atom. The van der Waals surface area contributed by atoms with Crippen LogP contribution in [-0.2, 0) is 98.1 Å². The number of rotatable bonds is 3. The molecule has 10 heavy (non-hydrogen) atoms. The minimum atomic E-state index is 0. The fourth-order valence-electron chi connectivity index (χ4n) is 0.526. The van der Waals surface area contributed by atoms with E-state index in [1.165, 1.54) is 12.8 Å². The summed E-state index contributed by atoms with van der Waals surface area (Å²) in [7, 11) is 5.28. The van der Waals surface area contributed by atoms with E-state index in [1.54, 1.807) is 0 Å². The molecule has 0 aromatic carbocycles. The van der Waals surface area contributed by atoms with Crippen molar-refractivity contribution >= 4 is 7.85 Å². The Kier molecular flexibility index (Phi) is 42.5. The Hall–Kier alpha value is 3.38. The molecule has 0 unspecified atom stereocenters. The molecule has 4 heteroatoms. The topological polar surface area (TPSA) is 0 Å². The summed E-state index contributed by atoms with van der Waals surface area (Å²) in [4.78, 5) is 0. The van der Waals surface area contributed by atoms with Gasteiger partial charge in [-0.3, -0.25) is 0 Å². The van der Waals surface area contributed by atoms with Crippen molar-refractivity contribution in [2.45, 2.75) is 33.0 Å². The Balaban J connectivity index is -0.0000000600. The maximum Gasteiger partial charge on any atom is 0.0653 e. The zero-order chi connectivity index (χ0) is 5.70. The molecule has 0 aromatic rings. The second kappa shape index (κ2) is 18.2. The minimum absolute atomic E-state index is 0. The minimum Gasteiger partial charge on any atom is -0.0887 e. The third-order valence-electron chi connectivity index (χ3n) is 0.986. The van der Waals surface area contributed by atoms with E-state index in [-0.39, 0.29) is 98.1 Å². The molecule has 0 saturated carbocycles. The summed E-state index contributed by atoms with van der Waals surface area (Å²) in [6, 6.07) is 0. The average Bonchev–Trinajstić information content (AvgIpc) is 1.61. The molecule has 0 N–H and O–H groups in total. The van der Waals surface area contributed by atoms with Crippen LogP contribution in [-0.4, -0.2) is 7.85 Å². The van der Waals surface area contributed by atoms with Crippen molar-refractivity contribution < 1.29 is 98.1 Å². The zero-order valence-electron chi connectivity index (χ0n) is 7.01. The first-order valence-electron chi connectivity index (χ1n) is 2.97. The van der Waals surface area contributed by atoms with Gasteiger partial charge in [0.25, 0.3) is 0 Å². The first kappa shape index (κ1) is 23.3. The second-order valence-corrected chi connectivity index (χ2v) is 2.32. The molecular formula is C6H13BY3. The Morgan fingerprint density at radius 2 is 1.50 bits per heavy atom. The maximum absolute atomic E-state index is 5.28. The van der Waals surface area contributed by atoms with E-state index in [2.05, 4.69) is 13.8 Å². The molecule has 0 aromatic heterocycles. The van der Waals surface area contributed by atoms with Crippen LogP contribution < -0.4 is 0 Å². The summed E-state index contributed by atoms with van der Waals surface area (Å²) in [5.74, 6) is 0.823. The third kappa shape index (κ3) is 22.5.